The minimum Gasteiger partial charge on any atom is -0.373 e. The lowest BCUT2D eigenvalue weighted by atomic mass is 10.0. The molecule has 2 heterocycles. The van der Waals surface area contributed by atoms with Crippen molar-refractivity contribution in [3.63, 3.8) is 0 Å². The zero-order chi connectivity index (χ0) is 14.7. The van der Waals surface area contributed by atoms with Crippen LogP contribution in [0.1, 0.15) is 82.2 Å². The van der Waals surface area contributed by atoms with Gasteiger partial charge in [-0.3, -0.25) is 0 Å². The Morgan fingerprint density at radius 1 is 1.21 bits per heavy atom. The van der Waals surface area contributed by atoms with Gasteiger partial charge in [0.25, 0.3) is 0 Å². The van der Waals surface area contributed by atoms with Gasteiger partial charge in [0.15, 0.2) is 0 Å². The minimum atomic E-state index is 0.389. The fourth-order valence-electron chi connectivity index (χ4n) is 2.03. The summed E-state index contributed by atoms with van der Waals surface area (Å²) in [5.41, 5.74) is 1.49. The largest absolute Gasteiger partial charge is 0.373 e. The maximum atomic E-state index is 5.81. The van der Waals surface area contributed by atoms with Gasteiger partial charge in [0.1, 0.15) is 0 Å². The molecular weight excluding hydrogens is 252 g/mol. The molecule has 112 valence electrons. The Kier molecular flexibility index (Phi) is 11.3. The van der Waals surface area contributed by atoms with Crippen LogP contribution in [0.5, 0.6) is 0 Å². The monoisotopic (exact) mass is 284 g/mol. The van der Waals surface area contributed by atoms with Crippen molar-refractivity contribution in [2.75, 3.05) is 6.61 Å². The molecule has 2 heteroatoms. The standard InChI is InChI=1S/C12H18OS.C3H8.C2H6/c1-3-5-11-10-8-9(4-2)14-12(10)6-7-13-11;1-3-2;1-2/h8,11H,3-7H2,1-2H3;3H2,1-2H3;1-2H3. The van der Waals surface area contributed by atoms with E-state index in [1.807, 2.05) is 25.2 Å². The summed E-state index contributed by atoms with van der Waals surface area (Å²) >= 11 is 1.98. The van der Waals surface area contributed by atoms with Gasteiger partial charge in [-0.2, -0.15) is 0 Å². The number of thiophene rings is 1. The Bertz CT molecular complexity index is 317. The van der Waals surface area contributed by atoms with E-state index in [0.717, 1.165) is 19.4 Å². The van der Waals surface area contributed by atoms with Crippen molar-refractivity contribution in [2.45, 2.75) is 79.8 Å². The first-order chi connectivity index (χ1) is 9.26. The lowest BCUT2D eigenvalue weighted by Gasteiger charge is -2.22. The normalized spacial score (nSPS) is 16.6. The molecule has 0 saturated heterocycles. The van der Waals surface area contributed by atoms with Crippen molar-refractivity contribution in [1.82, 2.24) is 0 Å². The molecule has 0 amide bonds. The van der Waals surface area contributed by atoms with Gasteiger partial charge in [-0.05, 0) is 24.5 Å². The summed E-state index contributed by atoms with van der Waals surface area (Å²) in [6.07, 6.45) is 6.31. The molecule has 1 nitrogen and oxygen atoms in total. The molecule has 2 rings (SSSR count). The summed E-state index contributed by atoms with van der Waals surface area (Å²) in [5, 5.41) is 0. The lowest BCUT2D eigenvalue weighted by molar-refractivity contribution is 0.0373. The van der Waals surface area contributed by atoms with Crippen LogP contribution in [0.15, 0.2) is 6.07 Å². The van der Waals surface area contributed by atoms with Gasteiger partial charge < -0.3 is 4.74 Å². The second-order valence-electron chi connectivity index (χ2n) is 4.55. The first-order valence-corrected chi connectivity index (χ1v) is 8.81. The predicted octanol–water partition coefficient (Wildman–Crippen LogP) is 6.17. The van der Waals surface area contributed by atoms with Gasteiger partial charge in [0.2, 0.25) is 0 Å². The third-order valence-corrected chi connectivity index (χ3v) is 4.14. The van der Waals surface area contributed by atoms with Gasteiger partial charge in [-0.1, -0.05) is 54.4 Å². The van der Waals surface area contributed by atoms with Crippen LogP contribution in [-0.4, -0.2) is 6.61 Å². The highest BCUT2D eigenvalue weighted by atomic mass is 32.1. The van der Waals surface area contributed by atoms with Crippen molar-refractivity contribution in [2.24, 2.45) is 0 Å². The first kappa shape index (κ1) is 18.7. The molecule has 1 aromatic rings. The molecule has 19 heavy (non-hydrogen) atoms. The SMILES string of the molecule is CC.CCC.CCCC1OCCc2sc(CC)cc21. The minimum absolute atomic E-state index is 0.389. The third kappa shape index (κ3) is 6.09. The summed E-state index contributed by atoms with van der Waals surface area (Å²) in [6, 6.07) is 2.36. The maximum absolute atomic E-state index is 5.81. The quantitative estimate of drug-likeness (QED) is 0.645. The van der Waals surface area contributed by atoms with Gasteiger partial charge >= 0.3 is 0 Å². The van der Waals surface area contributed by atoms with E-state index in [1.165, 1.54) is 29.7 Å². The number of hydrogen-bond acceptors (Lipinski definition) is 2. The van der Waals surface area contributed by atoms with Crippen LogP contribution in [0.25, 0.3) is 0 Å². The first-order valence-electron chi connectivity index (χ1n) is 7.99. The summed E-state index contributed by atoms with van der Waals surface area (Å²) in [4.78, 5) is 3.09. The molecule has 1 unspecified atom stereocenters. The van der Waals surface area contributed by atoms with Crippen molar-refractivity contribution in [3.05, 3.63) is 21.4 Å². The van der Waals surface area contributed by atoms with Crippen LogP contribution in [0.2, 0.25) is 0 Å². The Hall–Kier alpha value is -0.340. The van der Waals surface area contributed by atoms with Crippen molar-refractivity contribution >= 4 is 11.3 Å². The number of ether oxygens (including phenoxy) is 1. The van der Waals surface area contributed by atoms with E-state index < -0.39 is 0 Å². The maximum Gasteiger partial charge on any atom is 0.0835 e. The zero-order valence-electron chi connectivity index (χ0n) is 13.7. The van der Waals surface area contributed by atoms with Crippen LogP contribution >= 0.6 is 11.3 Å². The molecule has 0 N–H and O–H groups in total. The van der Waals surface area contributed by atoms with E-state index in [2.05, 4.69) is 33.8 Å². The highest BCUT2D eigenvalue weighted by Gasteiger charge is 2.22. The van der Waals surface area contributed by atoms with Crippen LogP contribution in [0.3, 0.4) is 0 Å². The van der Waals surface area contributed by atoms with E-state index >= 15 is 0 Å². The van der Waals surface area contributed by atoms with Gasteiger partial charge in [-0.25, -0.2) is 0 Å². The second kappa shape index (κ2) is 11.5. The fourth-order valence-corrected chi connectivity index (χ4v) is 3.17. The van der Waals surface area contributed by atoms with Crippen LogP contribution in [0.4, 0.5) is 0 Å². The third-order valence-electron chi connectivity index (χ3n) is 2.79. The second-order valence-corrected chi connectivity index (χ2v) is 5.77. The summed E-state index contributed by atoms with van der Waals surface area (Å²) < 4.78 is 5.81. The molecule has 0 aromatic carbocycles. The van der Waals surface area contributed by atoms with Crippen molar-refractivity contribution < 1.29 is 4.74 Å². The Morgan fingerprint density at radius 3 is 2.37 bits per heavy atom. The molecule has 0 spiro atoms. The fraction of sp³-hybridized carbons (Fsp3) is 0.765. The zero-order valence-corrected chi connectivity index (χ0v) is 14.5. The average molecular weight is 285 g/mol. The average Bonchev–Trinajstić information content (AvgIpc) is 2.86. The molecule has 0 fully saturated rings. The molecule has 0 aliphatic carbocycles. The van der Waals surface area contributed by atoms with Crippen molar-refractivity contribution in [1.29, 1.82) is 0 Å². The van der Waals surface area contributed by atoms with Gasteiger partial charge in [0, 0.05) is 16.2 Å². The Labute approximate surface area is 124 Å². The lowest BCUT2D eigenvalue weighted by Crippen LogP contribution is -2.13. The molecule has 0 saturated carbocycles. The summed E-state index contributed by atoms with van der Waals surface area (Å²) in [7, 11) is 0. The van der Waals surface area contributed by atoms with Crippen LogP contribution in [-0.2, 0) is 17.6 Å². The summed E-state index contributed by atoms with van der Waals surface area (Å²) in [6.45, 7) is 13.6. The van der Waals surface area contributed by atoms with Gasteiger partial charge in [0.05, 0.1) is 12.7 Å². The van der Waals surface area contributed by atoms with E-state index in [9.17, 15) is 0 Å². The number of aryl methyl sites for hydroxylation is 1. The van der Waals surface area contributed by atoms with E-state index in [0.29, 0.717) is 6.10 Å². The topological polar surface area (TPSA) is 9.23 Å². The van der Waals surface area contributed by atoms with Crippen LogP contribution < -0.4 is 0 Å². The molecule has 1 atom stereocenters. The smallest absolute Gasteiger partial charge is 0.0835 e. The molecule has 0 radical (unpaired) electrons. The summed E-state index contributed by atoms with van der Waals surface area (Å²) in [5.74, 6) is 0. The predicted molar refractivity (Wildman–Crippen MR) is 88.3 cm³/mol. The Morgan fingerprint density at radius 2 is 1.84 bits per heavy atom. The van der Waals surface area contributed by atoms with E-state index in [-0.39, 0.29) is 0 Å². The number of hydrogen-bond donors (Lipinski definition) is 0. The highest BCUT2D eigenvalue weighted by Crippen LogP contribution is 2.36. The molecule has 1 aliphatic heterocycles. The van der Waals surface area contributed by atoms with Crippen molar-refractivity contribution in [3.8, 4) is 0 Å². The van der Waals surface area contributed by atoms with Gasteiger partial charge in [-0.15, -0.1) is 11.3 Å². The molecular formula is C17H32OS. The number of rotatable bonds is 3. The Balaban J connectivity index is 0.000000573. The highest BCUT2D eigenvalue weighted by molar-refractivity contribution is 7.12. The van der Waals surface area contributed by atoms with Crippen LogP contribution in [0, 0.1) is 0 Å². The van der Waals surface area contributed by atoms with E-state index in [4.69, 9.17) is 4.74 Å². The molecule has 0 bridgehead atoms. The molecule has 1 aliphatic rings. The number of fused-ring (bicyclic) bond motifs is 1. The molecule has 1 aromatic heterocycles. The van der Waals surface area contributed by atoms with E-state index in [1.54, 1.807) is 4.88 Å².